The maximum absolute atomic E-state index is 3.45. The van der Waals surface area contributed by atoms with Crippen LogP contribution in [0, 0.1) is 13.8 Å². The number of hydrogen-bond donors (Lipinski definition) is 1. The van der Waals surface area contributed by atoms with E-state index in [2.05, 4.69) is 55.6 Å². The van der Waals surface area contributed by atoms with Crippen molar-refractivity contribution in [1.82, 2.24) is 5.32 Å². The summed E-state index contributed by atoms with van der Waals surface area (Å²) in [6.45, 7) is 6.47. The summed E-state index contributed by atoms with van der Waals surface area (Å²) in [4.78, 5) is 0. The molecule has 1 nitrogen and oxygen atoms in total. The lowest BCUT2D eigenvalue weighted by Gasteiger charge is -2.21. The average molecular weight is 237 g/mol. The topological polar surface area (TPSA) is 12.0 Å². The molecule has 0 aliphatic carbocycles. The molecule has 0 radical (unpaired) electrons. The second-order valence-electron chi connectivity index (χ2n) is 5.19. The molecule has 0 saturated carbocycles. The summed E-state index contributed by atoms with van der Waals surface area (Å²) in [7, 11) is 0. The van der Waals surface area contributed by atoms with Gasteiger partial charge in [-0.1, -0.05) is 42.0 Å². The first-order valence-electron chi connectivity index (χ1n) is 6.65. The minimum atomic E-state index is 1.01. The minimum Gasteiger partial charge on any atom is -0.312 e. The van der Waals surface area contributed by atoms with Crippen LogP contribution in [0.25, 0.3) is 11.1 Å². The largest absolute Gasteiger partial charge is 0.312 e. The van der Waals surface area contributed by atoms with Gasteiger partial charge in [0.05, 0.1) is 0 Å². The molecule has 92 valence electrons. The molecule has 1 heteroatoms. The maximum atomic E-state index is 3.45. The van der Waals surface area contributed by atoms with Gasteiger partial charge in [-0.05, 0) is 54.6 Å². The summed E-state index contributed by atoms with van der Waals surface area (Å²) in [5.41, 5.74) is 8.52. The summed E-state index contributed by atoms with van der Waals surface area (Å²) < 4.78 is 0. The van der Waals surface area contributed by atoms with Gasteiger partial charge in [-0.3, -0.25) is 0 Å². The fourth-order valence-electron chi connectivity index (χ4n) is 2.81. The molecule has 1 heterocycles. The molecule has 2 aromatic rings. The molecule has 0 bridgehead atoms. The second kappa shape index (κ2) is 4.58. The van der Waals surface area contributed by atoms with Gasteiger partial charge in [-0.2, -0.15) is 0 Å². The summed E-state index contributed by atoms with van der Waals surface area (Å²) in [5.74, 6) is 0. The summed E-state index contributed by atoms with van der Waals surface area (Å²) in [6.07, 6.45) is 1.14. The molecule has 18 heavy (non-hydrogen) atoms. The molecular weight excluding hydrogens is 218 g/mol. The van der Waals surface area contributed by atoms with E-state index in [1.54, 1.807) is 0 Å². The molecule has 0 amide bonds. The van der Waals surface area contributed by atoms with Crippen LogP contribution in [-0.2, 0) is 13.0 Å². The Kier molecular flexibility index (Phi) is 2.92. The quantitative estimate of drug-likeness (QED) is 0.799. The monoisotopic (exact) mass is 237 g/mol. The van der Waals surface area contributed by atoms with Crippen LogP contribution < -0.4 is 5.32 Å². The predicted octanol–water partition coefficient (Wildman–Crippen LogP) is 3.62. The van der Waals surface area contributed by atoms with Gasteiger partial charge in [-0.25, -0.2) is 0 Å². The van der Waals surface area contributed by atoms with E-state index in [9.17, 15) is 0 Å². The fraction of sp³-hybridized carbons (Fsp3) is 0.294. The van der Waals surface area contributed by atoms with Crippen molar-refractivity contribution in [2.75, 3.05) is 6.54 Å². The van der Waals surface area contributed by atoms with Gasteiger partial charge in [0.1, 0.15) is 0 Å². The first kappa shape index (κ1) is 11.5. The van der Waals surface area contributed by atoms with Crippen LogP contribution in [0.3, 0.4) is 0 Å². The van der Waals surface area contributed by atoms with Gasteiger partial charge in [-0.15, -0.1) is 0 Å². The molecule has 0 atom stereocenters. The first-order chi connectivity index (χ1) is 8.75. The van der Waals surface area contributed by atoms with Gasteiger partial charge in [0.2, 0.25) is 0 Å². The predicted molar refractivity (Wildman–Crippen MR) is 76.8 cm³/mol. The Morgan fingerprint density at radius 3 is 2.78 bits per heavy atom. The molecule has 1 aliphatic heterocycles. The molecule has 0 spiro atoms. The lowest BCUT2D eigenvalue weighted by atomic mass is 9.89. The lowest BCUT2D eigenvalue weighted by Crippen LogP contribution is -2.24. The van der Waals surface area contributed by atoms with Gasteiger partial charge in [0.25, 0.3) is 0 Å². The highest BCUT2D eigenvalue weighted by Crippen LogP contribution is 2.31. The molecule has 0 unspecified atom stereocenters. The van der Waals surface area contributed by atoms with Gasteiger partial charge >= 0.3 is 0 Å². The summed E-state index contributed by atoms with van der Waals surface area (Å²) in [5, 5.41) is 3.45. The van der Waals surface area contributed by atoms with Crippen molar-refractivity contribution in [3.63, 3.8) is 0 Å². The molecule has 3 rings (SSSR count). The van der Waals surface area contributed by atoms with Crippen molar-refractivity contribution >= 4 is 0 Å². The van der Waals surface area contributed by atoms with E-state index in [1.807, 2.05) is 0 Å². The number of rotatable bonds is 1. The van der Waals surface area contributed by atoms with Crippen LogP contribution in [0.4, 0.5) is 0 Å². The lowest BCUT2D eigenvalue weighted by molar-refractivity contribution is 0.645. The van der Waals surface area contributed by atoms with Crippen molar-refractivity contribution in [3.8, 4) is 11.1 Å². The van der Waals surface area contributed by atoms with Crippen LogP contribution in [-0.4, -0.2) is 6.54 Å². The Bertz CT molecular complexity index is 584. The van der Waals surface area contributed by atoms with Crippen molar-refractivity contribution in [3.05, 3.63) is 58.7 Å². The van der Waals surface area contributed by atoms with Crippen molar-refractivity contribution < 1.29 is 0 Å². The third kappa shape index (κ3) is 1.95. The third-order valence-electron chi connectivity index (χ3n) is 3.82. The van der Waals surface area contributed by atoms with E-state index in [0.29, 0.717) is 0 Å². The highest BCUT2D eigenvalue weighted by molar-refractivity contribution is 5.72. The normalized spacial score (nSPS) is 14.3. The molecule has 0 aromatic heterocycles. The van der Waals surface area contributed by atoms with Gasteiger partial charge in [0.15, 0.2) is 0 Å². The van der Waals surface area contributed by atoms with Crippen LogP contribution in [0.2, 0.25) is 0 Å². The van der Waals surface area contributed by atoms with Crippen molar-refractivity contribution in [1.29, 1.82) is 0 Å². The zero-order chi connectivity index (χ0) is 12.5. The summed E-state index contributed by atoms with van der Waals surface area (Å²) >= 11 is 0. The third-order valence-corrected chi connectivity index (χ3v) is 3.82. The molecule has 0 fully saturated rings. The standard InChI is InChI=1S/C17H19N/c1-12-6-7-13(2)17(10-12)16-5-3-4-14-11-18-9-8-15(14)16/h3-7,10,18H,8-9,11H2,1-2H3. The first-order valence-corrected chi connectivity index (χ1v) is 6.65. The Balaban J connectivity index is 2.19. The van der Waals surface area contributed by atoms with Crippen LogP contribution in [0.5, 0.6) is 0 Å². The van der Waals surface area contributed by atoms with Crippen LogP contribution in [0.15, 0.2) is 36.4 Å². The number of hydrogen-bond acceptors (Lipinski definition) is 1. The van der Waals surface area contributed by atoms with Crippen molar-refractivity contribution in [2.45, 2.75) is 26.8 Å². The highest BCUT2D eigenvalue weighted by Gasteiger charge is 2.14. The molecule has 1 N–H and O–H groups in total. The Morgan fingerprint density at radius 2 is 1.89 bits per heavy atom. The van der Waals surface area contributed by atoms with Crippen molar-refractivity contribution in [2.24, 2.45) is 0 Å². The van der Waals surface area contributed by atoms with E-state index < -0.39 is 0 Å². The highest BCUT2D eigenvalue weighted by atomic mass is 14.9. The van der Waals surface area contributed by atoms with Gasteiger partial charge in [0, 0.05) is 6.54 Å². The number of aryl methyl sites for hydroxylation is 2. The molecule has 1 aliphatic rings. The minimum absolute atomic E-state index is 1.01. The van der Waals surface area contributed by atoms with E-state index in [1.165, 1.54) is 33.4 Å². The second-order valence-corrected chi connectivity index (χ2v) is 5.19. The van der Waals surface area contributed by atoms with Gasteiger partial charge < -0.3 is 5.32 Å². The zero-order valence-corrected chi connectivity index (χ0v) is 11.1. The van der Waals surface area contributed by atoms with E-state index in [4.69, 9.17) is 0 Å². The molecule has 2 aromatic carbocycles. The maximum Gasteiger partial charge on any atom is 0.0208 e. The van der Waals surface area contributed by atoms with Crippen LogP contribution >= 0.6 is 0 Å². The Morgan fingerprint density at radius 1 is 1.00 bits per heavy atom. The smallest absolute Gasteiger partial charge is 0.0208 e. The Hall–Kier alpha value is -1.60. The number of fused-ring (bicyclic) bond motifs is 1. The Labute approximate surface area is 109 Å². The molecular formula is C17H19N. The van der Waals surface area contributed by atoms with E-state index in [-0.39, 0.29) is 0 Å². The number of nitrogens with one attached hydrogen (secondary N) is 1. The fourth-order valence-corrected chi connectivity index (χ4v) is 2.81. The average Bonchev–Trinajstić information content (AvgIpc) is 2.41. The van der Waals surface area contributed by atoms with E-state index >= 15 is 0 Å². The summed E-state index contributed by atoms with van der Waals surface area (Å²) in [6, 6.07) is 13.4. The SMILES string of the molecule is Cc1ccc(C)c(-c2cccc3c2CCNC3)c1. The van der Waals surface area contributed by atoms with E-state index in [0.717, 1.165) is 19.5 Å². The van der Waals surface area contributed by atoms with Crippen LogP contribution in [0.1, 0.15) is 22.3 Å². The zero-order valence-electron chi connectivity index (χ0n) is 11.1. The molecule has 0 saturated heterocycles. The number of benzene rings is 2.